The molecule has 0 spiro atoms. The van der Waals surface area contributed by atoms with Crippen molar-refractivity contribution in [1.82, 2.24) is 9.88 Å². The molecule has 106 valence electrons. The Labute approximate surface area is 116 Å². The second-order valence-electron chi connectivity index (χ2n) is 5.22. The van der Waals surface area contributed by atoms with Gasteiger partial charge in [-0.25, -0.2) is 9.78 Å². The first kappa shape index (κ1) is 12.7. The van der Waals surface area contributed by atoms with Gasteiger partial charge in [0.25, 0.3) is 0 Å². The number of carboxylic acid groups (broad SMARTS) is 1. The topological polar surface area (TPSA) is 99.8 Å². The van der Waals surface area contributed by atoms with E-state index in [1.807, 2.05) is 0 Å². The average molecular weight is 276 g/mol. The molecule has 3 N–H and O–H groups in total. The van der Waals surface area contributed by atoms with Crippen LogP contribution in [0.4, 0.5) is 16.3 Å². The van der Waals surface area contributed by atoms with Crippen LogP contribution in [0.5, 0.6) is 0 Å². The third kappa shape index (κ3) is 2.04. The number of hydrogen-bond donors (Lipinski definition) is 2. The smallest absolute Gasteiger partial charge is 0.407 e. The molecule has 0 aromatic carbocycles. The van der Waals surface area contributed by atoms with Crippen LogP contribution < -0.4 is 10.6 Å². The van der Waals surface area contributed by atoms with Crippen LogP contribution in [0.1, 0.15) is 19.3 Å². The summed E-state index contributed by atoms with van der Waals surface area (Å²) < 4.78 is 0. The second kappa shape index (κ2) is 4.66. The minimum Gasteiger partial charge on any atom is -0.465 e. The molecule has 2 amide bonds. The molecule has 7 heteroatoms. The lowest BCUT2D eigenvalue weighted by Gasteiger charge is -2.26. The van der Waals surface area contributed by atoms with Gasteiger partial charge in [-0.2, -0.15) is 0 Å². The van der Waals surface area contributed by atoms with Crippen LogP contribution in [-0.2, 0) is 4.79 Å². The van der Waals surface area contributed by atoms with E-state index in [1.54, 1.807) is 23.2 Å². The van der Waals surface area contributed by atoms with Crippen molar-refractivity contribution in [1.29, 1.82) is 0 Å². The first-order valence-electron chi connectivity index (χ1n) is 6.59. The van der Waals surface area contributed by atoms with Crippen molar-refractivity contribution in [3.8, 4) is 0 Å². The third-order valence-corrected chi connectivity index (χ3v) is 4.03. The van der Waals surface area contributed by atoms with Crippen molar-refractivity contribution in [2.45, 2.75) is 31.3 Å². The molecule has 3 rings (SSSR count). The fourth-order valence-electron chi connectivity index (χ4n) is 3.08. The van der Waals surface area contributed by atoms with Crippen LogP contribution in [-0.4, -0.2) is 45.6 Å². The summed E-state index contributed by atoms with van der Waals surface area (Å²) >= 11 is 0. The van der Waals surface area contributed by atoms with E-state index in [-0.39, 0.29) is 24.4 Å². The van der Waals surface area contributed by atoms with E-state index in [9.17, 15) is 14.7 Å². The van der Waals surface area contributed by atoms with Crippen molar-refractivity contribution in [3.63, 3.8) is 0 Å². The molecule has 20 heavy (non-hydrogen) atoms. The van der Waals surface area contributed by atoms with Gasteiger partial charge in [0.2, 0.25) is 5.91 Å². The van der Waals surface area contributed by atoms with Crippen LogP contribution in [0.25, 0.3) is 0 Å². The van der Waals surface area contributed by atoms with Crippen LogP contribution >= 0.6 is 0 Å². The molecule has 2 aliphatic heterocycles. The molecule has 1 aromatic rings. The Morgan fingerprint density at radius 3 is 2.75 bits per heavy atom. The molecule has 2 aliphatic rings. The molecular weight excluding hydrogens is 260 g/mol. The maximum atomic E-state index is 12.3. The molecule has 2 atom stereocenters. The molecular formula is C13H16N4O3. The number of anilines is 2. The van der Waals surface area contributed by atoms with Gasteiger partial charge in [0.15, 0.2) is 0 Å². The van der Waals surface area contributed by atoms with Crippen molar-refractivity contribution < 1.29 is 14.7 Å². The summed E-state index contributed by atoms with van der Waals surface area (Å²) in [6.45, 7) is 0.382. The van der Waals surface area contributed by atoms with Crippen molar-refractivity contribution in [2.75, 3.05) is 17.2 Å². The van der Waals surface area contributed by atoms with Gasteiger partial charge in [0.05, 0.1) is 17.9 Å². The highest BCUT2D eigenvalue weighted by molar-refractivity contribution is 5.94. The van der Waals surface area contributed by atoms with Crippen LogP contribution in [0, 0.1) is 0 Å². The minimum absolute atomic E-state index is 0.0602. The number of aromatic nitrogens is 1. The average Bonchev–Trinajstić information content (AvgIpc) is 2.72. The fourth-order valence-corrected chi connectivity index (χ4v) is 3.08. The first-order chi connectivity index (χ1) is 9.56. The maximum Gasteiger partial charge on any atom is 0.407 e. The number of nitrogens with zero attached hydrogens (tertiary/aromatic N) is 3. The van der Waals surface area contributed by atoms with Gasteiger partial charge in [0.1, 0.15) is 5.82 Å². The van der Waals surface area contributed by atoms with Crippen LogP contribution in [0.2, 0.25) is 0 Å². The van der Waals surface area contributed by atoms with E-state index in [0.717, 1.165) is 12.8 Å². The molecule has 0 radical (unpaired) electrons. The Kier molecular flexibility index (Phi) is 2.96. The third-order valence-electron chi connectivity index (χ3n) is 4.03. The molecule has 1 aromatic heterocycles. The highest BCUT2D eigenvalue weighted by Crippen LogP contribution is 2.32. The number of hydrogen-bond acceptors (Lipinski definition) is 4. The lowest BCUT2D eigenvalue weighted by atomic mass is 10.1. The Hall–Kier alpha value is -2.31. The lowest BCUT2D eigenvalue weighted by Crippen LogP contribution is -2.42. The summed E-state index contributed by atoms with van der Waals surface area (Å²) in [5, 5.41) is 9.29. The summed E-state index contributed by atoms with van der Waals surface area (Å²) in [5.41, 5.74) is 6.21. The Morgan fingerprint density at radius 1 is 1.35 bits per heavy atom. The molecule has 7 nitrogen and oxygen atoms in total. The van der Waals surface area contributed by atoms with Crippen molar-refractivity contribution in [2.24, 2.45) is 0 Å². The molecule has 0 aliphatic carbocycles. The number of fused-ring (bicyclic) bond motifs is 2. The van der Waals surface area contributed by atoms with Gasteiger partial charge in [-0.3, -0.25) is 4.79 Å². The van der Waals surface area contributed by atoms with E-state index in [1.165, 1.54) is 4.90 Å². The number of carbonyl (C=O) groups excluding carboxylic acids is 1. The van der Waals surface area contributed by atoms with Crippen molar-refractivity contribution in [3.05, 3.63) is 18.3 Å². The zero-order chi connectivity index (χ0) is 14.3. The Morgan fingerprint density at radius 2 is 2.10 bits per heavy atom. The Balaban J connectivity index is 1.89. The molecule has 2 fully saturated rings. The number of amides is 2. The summed E-state index contributed by atoms with van der Waals surface area (Å²) in [6, 6.07) is 3.05. The normalized spacial score (nSPS) is 25.7. The van der Waals surface area contributed by atoms with Crippen LogP contribution in [0.15, 0.2) is 18.3 Å². The first-order valence-corrected chi connectivity index (χ1v) is 6.59. The SMILES string of the molecule is Nc1ccc(N2CC3CCC(CC2=O)N3C(=O)O)cn1. The highest BCUT2D eigenvalue weighted by atomic mass is 16.4. The predicted octanol–water partition coefficient (Wildman–Crippen LogP) is 0.911. The van der Waals surface area contributed by atoms with E-state index in [2.05, 4.69) is 4.98 Å². The number of carbonyl (C=O) groups is 2. The second-order valence-corrected chi connectivity index (χ2v) is 5.22. The fraction of sp³-hybridized carbons (Fsp3) is 0.462. The molecule has 2 unspecified atom stereocenters. The monoisotopic (exact) mass is 276 g/mol. The van der Waals surface area contributed by atoms with Gasteiger partial charge in [-0.1, -0.05) is 0 Å². The quantitative estimate of drug-likeness (QED) is 0.794. The Bertz CT molecular complexity index is 545. The summed E-state index contributed by atoms with van der Waals surface area (Å²) in [5.74, 6) is 0.333. The number of nitrogen functional groups attached to an aromatic ring is 1. The van der Waals surface area contributed by atoms with Crippen molar-refractivity contribution >= 4 is 23.5 Å². The molecule has 0 saturated carbocycles. The van der Waals surface area contributed by atoms with Gasteiger partial charge in [-0.05, 0) is 25.0 Å². The number of nitrogens with two attached hydrogens (primary N) is 1. The largest absolute Gasteiger partial charge is 0.465 e. The predicted molar refractivity (Wildman–Crippen MR) is 72.3 cm³/mol. The van der Waals surface area contributed by atoms with Gasteiger partial charge < -0.3 is 20.6 Å². The standard InChI is InChI=1S/C13H16N4O3/c14-11-4-3-9(6-15-11)16-7-10-2-1-8(5-12(16)18)17(10)13(19)20/h3-4,6,8,10H,1-2,5,7H2,(H2,14,15)(H,19,20). The van der Waals surface area contributed by atoms with E-state index in [4.69, 9.17) is 5.73 Å². The van der Waals surface area contributed by atoms with E-state index in [0.29, 0.717) is 18.1 Å². The highest BCUT2D eigenvalue weighted by Gasteiger charge is 2.43. The minimum atomic E-state index is -0.942. The van der Waals surface area contributed by atoms with Gasteiger partial charge >= 0.3 is 6.09 Å². The van der Waals surface area contributed by atoms with Crippen LogP contribution in [0.3, 0.4) is 0 Å². The summed E-state index contributed by atoms with van der Waals surface area (Å²) in [4.78, 5) is 30.7. The number of rotatable bonds is 1. The maximum absolute atomic E-state index is 12.3. The summed E-state index contributed by atoms with van der Waals surface area (Å²) in [6.07, 6.45) is 2.40. The lowest BCUT2D eigenvalue weighted by molar-refractivity contribution is -0.119. The number of pyridine rings is 1. The van der Waals surface area contributed by atoms with E-state index < -0.39 is 6.09 Å². The zero-order valence-corrected chi connectivity index (χ0v) is 10.9. The summed E-state index contributed by atoms with van der Waals surface area (Å²) in [7, 11) is 0. The molecule has 3 heterocycles. The molecule has 2 saturated heterocycles. The van der Waals surface area contributed by atoms with Gasteiger partial charge in [0, 0.05) is 19.0 Å². The zero-order valence-electron chi connectivity index (χ0n) is 10.9. The van der Waals surface area contributed by atoms with E-state index >= 15 is 0 Å². The molecule has 2 bridgehead atoms. The van der Waals surface area contributed by atoms with Gasteiger partial charge in [-0.15, -0.1) is 0 Å².